The summed E-state index contributed by atoms with van der Waals surface area (Å²) in [6, 6.07) is 12.8. The van der Waals surface area contributed by atoms with Gasteiger partial charge in [0.15, 0.2) is 0 Å². The summed E-state index contributed by atoms with van der Waals surface area (Å²) in [5.41, 5.74) is -1.39. The maximum Gasteiger partial charge on any atom is 0.471 e. The Balaban J connectivity index is 2.33. The number of aromatic nitrogens is 1. The third-order valence-electron chi connectivity index (χ3n) is 3.10. The second kappa shape index (κ2) is 6.15. The quantitative estimate of drug-likeness (QED) is 0.908. The molecule has 2 rings (SSSR count). The van der Waals surface area contributed by atoms with Crippen LogP contribution in [-0.4, -0.2) is 28.7 Å². The van der Waals surface area contributed by atoms with Crippen LogP contribution < -0.4 is 5.32 Å². The zero-order valence-corrected chi connectivity index (χ0v) is 11.3. The Morgan fingerprint density at radius 1 is 1.09 bits per heavy atom. The highest BCUT2D eigenvalue weighted by atomic mass is 19.4. The van der Waals surface area contributed by atoms with E-state index in [4.69, 9.17) is 0 Å². The van der Waals surface area contributed by atoms with Gasteiger partial charge in [-0.3, -0.25) is 9.78 Å². The van der Waals surface area contributed by atoms with Crippen LogP contribution in [0.2, 0.25) is 0 Å². The SMILES string of the molecule is O=C(NCC(O)(c1ccccc1)c1ccccn1)C(F)(F)F. The fourth-order valence-corrected chi connectivity index (χ4v) is 1.97. The lowest BCUT2D eigenvalue weighted by molar-refractivity contribution is -0.174. The van der Waals surface area contributed by atoms with E-state index in [0.29, 0.717) is 5.56 Å². The standard InChI is InChI=1S/C15H13F3N2O2/c16-15(17,18)13(21)20-10-14(22,11-6-2-1-3-7-11)12-8-4-5-9-19-12/h1-9,22H,10H2,(H,20,21). The molecule has 116 valence electrons. The molecule has 2 aromatic rings. The van der Waals surface area contributed by atoms with Crippen LogP contribution in [0, 0.1) is 0 Å². The van der Waals surface area contributed by atoms with E-state index >= 15 is 0 Å². The molecule has 0 aliphatic carbocycles. The Morgan fingerprint density at radius 2 is 1.73 bits per heavy atom. The van der Waals surface area contributed by atoms with Crippen molar-refractivity contribution >= 4 is 5.91 Å². The molecule has 1 atom stereocenters. The first-order valence-corrected chi connectivity index (χ1v) is 6.38. The molecule has 1 unspecified atom stereocenters. The summed E-state index contributed by atoms with van der Waals surface area (Å²) in [6.45, 7) is -0.646. The van der Waals surface area contributed by atoms with Crippen molar-refractivity contribution in [2.45, 2.75) is 11.8 Å². The molecule has 1 aromatic heterocycles. The van der Waals surface area contributed by atoms with Crippen LogP contribution in [0.5, 0.6) is 0 Å². The van der Waals surface area contributed by atoms with Crippen molar-refractivity contribution in [2.24, 2.45) is 0 Å². The molecule has 0 saturated carbocycles. The van der Waals surface area contributed by atoms with Crippen LogP contribution in [0.1, 0.15) is 11.3 Å². The van der Waals surface area contributed by atoms with Gasteiger partial charge in [0.1, 0.15) is 5.60 Å². The van der Waals surface area contributed by atoms with E-state index in [0.717, 1.165) is 0 Å². The Labute approximate surface area is 124 Å². The summed E-state index contributed by atoms with van der Waals surface area (Å²) in [5.74, 6) is -2.11. The number of rotatable bonds is 4. The van der Waals surface area contributed by atoms with E-state index < -0.39 is 24.2 Å². The molecule has 0 bridgehead atoms. The van der Waals surface area contributed by atoms with Gasteiger partial charge in [-0.1, -0.05) is 36.4 Å². The number of aliphatic hydroxyl groups is 1. The third kappa shape index (κ3) is 3.43. The lowest BCUT2D eigenvalue weighted by Gasteiger charge is -2.28. The average Bonchev–Trinajstić information content (AvgIpc) is 2.53. The van der Waals surface area contributed by atoms with Gasteiger partial charge in [0.2, 0.25) is 0 Å². The highest BCUT2D eigenvalue weighted by molar-refractivity contribution is 5.81. The van der Waals surface area contributed by atoms with E-state index in [1.165, 1.54) is 12.3 Å². The van der Waals surface area contributed by atoms with Gasteiger partial charge < -0.3 is 10.4 Å². The summed E-state index contributed by atoms with van der Waals surface area (Å²) in [5, 5.41) is 12.5. The minimum atomic E-state index is -5.01. The number of nitrogens with zero attached hydrogens (tertiary/aromatic N) is 1. The molecular weight excluding hydrogens is 297 g/mol. The summed E-state index contributed by atoms with van der Waals surface area (Å²) in [4.78, 5) is 15.0. The second-order valence-corrected chi connectivity index (χ2v) is 4.62. The van der Waals surface area contributed by atoms with Crippen molar-refractivity contribution < 1.29 is 23.1 Å². The monoisotopic (exact) mass is 310 g/mol. The van der Waals surface area contributed by atoms with Crippen LogP contribution in [0.4, 0.5) is 13.2 Å². The highest BCUT2D eigenvalue weighted by Crippen LogP contribution is 2.27. The largest absolute Gasteiger partial charge is 0.471 e. The maximum absolute atomic E-state index is 12.3. The van der Waals surface area contributed by atoms with E-state index in [-0.39, 0.29) is 5.69 Å². The number of alkyl halides is 3. The van der Waals surface area contributed by atoms with Crippen molar-refractivity contribution in [2.75, 3.05) is 6.54 Å². The van der Waals surface area contributed by atoms with Crippen molar-refractivity contribution in [3.05, 3.63) is 66.0 Å². The van der Waals surface area contributed by atoms with Gasteiger partial charge in [0.05, 0.1) is 12.2 Å². The van der Waals surface area contributed by atoms with Crippen LogP contribution in [0.3, 0.4) is 0 Å². The molecule has 0 fully saturated rings. The molecule has 0 radical (unpaired) electrons. The summed E-state index contributed by atoms with van der Waals surface area (Å²) in [7, 11) is 0. The fraction of sp³-hybridized carbons (Fsp3) is 0.200. The molecule has 2 N–H and O–H groups in total. The number of nitrogens with one attached hydrogen (secondary N) is 1. The normalized spacial score (nSPS) is 14.2. The lowest BCUT2D eigenvalue weighted by Crippen LogP contribution is -2.46. The average molecular weight is 310 g/mol. The number of amides is 1. The molecular formula is C15H13F3N2O2. The molecule has 1 heterocycles. The fourth-order valence-electron chi connectivity index (χ4n) is 1.97. The minimum Gasteiger partial charge on any atom is -0.377 e. The van der Waals surface area contributed by atoms with Crippen LogP contribution in [0.25, 0.3) is 0 Å². The minimum absolute atomic E-state index is 0.142. The second-order valence-electron chi connectivity index (χ2n) is 4.62. The van der Waals surface area contributed by atoms with Crippen molar-refractivity contribution in [3.8, 4) is 0 Å². The number of benzene rings is 1. The Morgan fingerprint density at radius 3 is 2.27 bits per heavy atom. The predicted molar refractivity (Wildman–Crippen MR) is 72.7 cm³/mol. The van der Waals surface area contributed by atoms with Crippen molar-refractivity contribution in [3.63, 3.8) is 0 Å². The van der Waals surface area contributed by atoms with Crippen LogP contribution in [-0.2, 0) is 10.4 Å². The van der Waals surface area contributed by atoms with Gasteiger partial charge in [0.25, 0.3) is 0 Å². The number of pyridine rings is 1. The van der Waals surface area contributed by atoms with Gasteiger partial charge in [-0.05, 0) is 17.7 Å². The number of carbonyl (C=O) groups is 1. The number of halogens is 3. The maximum atomic E-state index is 12.3. The lowest BCUT2D eigenvalue weighted by atomic mass is 9.89. The van der Waals surface area contributed by atoms with Gasteiger partial charge in [-0.25, -0.2) is 0 Å². The van der Waals surface area contributed by atoms with E-state index in [9.17, 15) is 23.1 Å². The van der Waals surface area contributed by atoms with Gasteiger partial charge in [0, 0.05) is 6.20 Å². The smallest absolute Gasteiger partial charge is 0.377 e. The Kier molecular flexibility index (Phi) is 4.46. The zero-order chi connectivity index (χ0) is 16.2. The Hall–Kier alpha value is -2.41. The van der Waals surface area contributed by atoms with E-state index in [1.807, 2.05) is 0 Å². The molecule has 0 spiro atoms. The molecule has 0 aliphatic rings. The number of carbonyl (C=O) groups excluding carboxylic acids is 1. The molecule has 22 heavy (non-hydrogen) atoms. The van der Waals surface area contributed by atoms with Gasteiger partial charge in [-0.2, -0.15) is 13.2 Å². The highest BCUT2D eigenvalue weighted by Gasteiger charge is 2.41. The van der Waals surface area contributed by atoms with E-state index in [1.54, 1.807) is 47.8 Å². The van der Waals surface area contributed by atoms with Gasteiger partial charge >= 0.3 is 12.1 Å². The zero-order valence-electron chi connectivity index (χ0n) is 11.3. The summed E-state index contributed by atoms with van der Waals surface area (Å²) in [6.07, 6.45) is -3.60. The molecule has 0 saturated heterocycles. The first-order chi connectivity index (χ1) is 10.3. The number of hydrogen-bond acceptors (Lipinski definition) is 3. The Bertz CT molecular complexity index is 591. The molecule has 7 heteroatoms. The van der Waals surface area contributed by atoms with Crippen molar-refractivity contribution in [1.82, 2.24) is 10.3 Å². The number of hydrogen-bond donors (Lipinski definition) is 2. The summed E-state index contributed by atoms with van der Waals surface area (Å²) >= 11 is 0. The summed E-state index contributed by atoms with van der Waals surface area (Å²) < 4.78 is 37.0. The third-order valence-corrected chi connectivity index (χ3v) is 3.10. The predicted octanol–water partition coefficient (Wildman–Crippen LogP) is 2.00. The topological polar surface area (TPSA) is 62.2 Å². The van der Waals surface area contributed by atoms with E-state index in [2.05, 4.69) is 4.98 Å². The van der Waals surface area contributed by atoms with Gasteiger partial charge in [-0.15, -0.1) is 0 Å². The van der Waals surface area contributed by atoms with Crippen molar-refractivity contribution in [1.29, 1.82) is 0 Å². The molecule has 1 amide bonds. The first kappa shape index (κ1) is 16.0. The first-order valence-electron chi connectivity index (χ1n) is 6.38. The molecule has 0 aliphatic heterocycles. The molecule has 4 nitrogen and oxygen atoms in total. The van der Waals surface area contributed by atoms with Crippen LogP contribution in [0.15, 0.2) is 54.7 Å². The van der Waals surface area contributed by atoms with Crippen LogP contribution >= 0.6 is 0 Å². The molecule has 1 aromatic carbocycles.